The maximum Gasteiger partial charge on any atom is 0.329 e. The van der Waals surface area contributed by atoms with Gasteiger partial charge in [-0.1, -0.05) is 6.07 Å². The molecule has 0 radical (unpaired) electrons. The Labute approximate surface area is 144 Å². The summed E-state index contributed by atoms with van der Waals surface area (Å²) in [6, 6.07) is 7.71. The first-order valence-electron chi connectivity index (χ1n) is 7.92. The van der Waals surface area contributed by atoms with E-state index in [1.54, 1.807) is 12.3 Å². The number of carbonyl (C=O) groups is 2. The van der Waals surface area contributed by atoms with Crippen molar-refractivity contribution in [2.75, 3.05) is 26.4 Å². The summed E-state index contributed by atoms with van der Waals surface area (Å²) in [7, 11) is 0. The molecule has 1 aliphatic heterocycles. The van der Waals surface area contributed by atoms with E-state index in [0.717, 1.165) is 28.9 Å². The van der Waals surface area contributed by atoms with Gasteiger partial charge in [0.2, 0.25) is 0 Å². The average molecular weight is 342 g/mol. The molecule has 7 nitrogen and oxygen atoms in total. The Morgan fingerprint density at radius 1 is 1.24 bits per heavy atom. The van der Waals surface area contributed by atoms with Gasteiger partial charge in [0.1, 0.15) is 12.4 Å². The molecule has 1 aliphatic rings. The normalized spacial score (nSPS) is 12.3. The van der Waals surface area contributed by atoms with Gasteiger partial charge in [0.25, 0.3) is 5.91 Å². The van der Waals surface area contributed by atoms with Crippen LogP contribution in [0.1, 0.15) is 15.9 Å². The van der Waals surface area contributed by atoms with Crippen LogP contribution in [0, 0.1) is 0 Å². The summed E-state index contributed by atoms with van der Waals surface area (Å²) in [5.41, 5.74) is 3.43. The van der Waals surface area contributed by atoms with Gasteiger partial charge in [-0.15, -0.1) is 0 Å². The molecule has 3 rings (SSSR count). The predicted octanol–water partition coefficient (Wildman–Crippen LogP) is 1.51. The Hall–Kier alpha value is -2.93. The molecule has 0 spiro atoms. The Bertz CT molecular complexity index is 791. The number of carboxylic acid groups (broad SMARTS) is 1. The van der Waals surface area contributed by atoms with E-state index in [4.69, 9.17) is 14.6 Å². The highest BCUT2D eigenvalue weighted by Crippen LogP contribution is 2.30. The fourth-order valence-corrected chi connectivity index (χ4v) is 2.59. The summed E-state index contributed by atoms with van der Waals surface area (Å²) in [4.78, 5) is 26.6. The molecule has 0 saturated carbocycles. The first kappa shape index (κ1) is 16.9. The molecule has 2 heterocycles. The van der Waals surface area contributed by atoms with Gasteiger partial charge in [-0.05, 0) is 29.3 Å². The van der Waals surface area contributed by atoms with Crippen LogP contribution in [-0.2, 0) is 16.0 Å². The molecule has 7 heteroatoms. The summed E-state index contributed by atoms with van der Waals surface area (Å²) in [5.74, 6) is -0.410. The highest BCUT2D eigenvalue weighted by atomic mass is 16.5. The third kappa shape index (κ3) is 4.33. The number of carboxylic acids is 1. The van der Waals surface area contributed by atoms with Crippen LogP contribution in [0.3, 0.4) is 0 Å². The lowest BCUT2D eigenvalue weighted by Gasteiger charge is -2.08. The molecule has 2 aromatic rings. The minimum atomic E-state index is -1.04. The fraction of sp³-hybridized carbons (Fsp3) is 0.278. The molecule has 130 valence electrons. The Morgan fingerprint density at radius 2 is 2.12 bits per heavy atom. The molecule has 0 aliphatic carbocycles. The minimum Gasteiger partial charge on any atom is -0.493 e. The van der Waals surface area contributed by atoms with Crippen molar-refractivity contribution in [1.29, 1.82) is 0 Å². The van der Waals surface area contributed by atoms with Crippen molar-refractivity contribution < 1.29 is 24.2 Å². The summed E-state index contributed by atoms with van der Waals surface area (Å²) < 4.78 is 10.4. The standard InChI is InChI=1S/C18H18N2O5/c21-17(22)11-24-6-4-20-18(23)15-8-14(9-19-10-15)12-1-2-16-13(7-12)3-5-25-16/h1-2,7-10H,3-6,11H2,(H,20,23)(H,21,22). The number of hydrogen-bond acceptors (Lipinski definition) is 5. The molecule has 2 N–H and O–H groups in total. The smallest absolute Gasteiger partial charge is 0.329 e. The van der Waals surface area contributed by atoms with E-state index in [9.17, 15) is 9.59 Å². The number of fused-ring (bicyclic) bond motifs is 1. The van der Waals surface area contributed by atoms with Gasteiger partial charge in [0.05, 0.1) is 18.8 Å². The monoisotopic (exact) mass is 342 g/mol. The van der Waals surface area contributed by atoms with Crippen molar-refractivity contribution in [3.05, 3.63) is 47.8 Å². The topological polar surface area (TPSA) is 97.8 Å². The van der Waals surface area contributed by atoms with Crippen LogP contribution in [0.4, 0.5) is 0 Å². The van der Waals surface area contributed by atoms with Crippen LogP contribution >= 0.6 is 0 Å². The molecule has 0 saturated heterocycles. The Kier molecular flexibility index (Phi) is 5.25. The number of nitrogens with one attached hydrogen (secondary N) is 1. The van der Waals surface area contributed by atoms with Crippen LogP contribution in [0.5, 0.6) is 5.75 Å². The lowest BCUT2D eigenvalue weighted by atomic mass is 10.0. The highest BCUT2D eigenvalue weighted by Gasteiger charge is 2.14. The second-order valence-electron chi connectivity index (χ2n) is 5.59. The minimum absolute atomic E-state index is 0.135. The van der Waals surface area contributed by atoms with Crippen LogP contribution < -0.4 is 10.1 Å². The average Bonchev–Trinajstić information content (AvgIpc) is 3.09. The van der Waals surface area contributed by atoms with E-state index in [0.29, 0.717) is 12.2 Å². The number of aromatic nitrogens is 1. The summed E-state index contributed by atoms with van der Waals surface area (Å²) in [6.07, 6.45) is 4.09. The van der Waals surface area contributed by atoms with Gasteiger partial charge >= 0.3 is 5.97 Å². The molecule has 1 aromatic heterocycles. The number of ether oxygens (including phenoxy) is 2. The molecule has 0 bridgehead atoms. The molecule has 0 atom stereocenters. The molecule has 1 aromatic carbocycles. The number of benzene rings is 1. The maximum absolute atomic E-state index is 12.2. The largest absolute Gasteiger partial charge is 0.493 e. The van der Waals surface area contributed by atoms with Gasteiger partial charge < -0.3 is 19.9 Å². The first-order valence-corrected chi connectivity index (χ1v) is 7.92. The van der Waals surface area contributed by atoms with E-state index in [-0.39, 0.29) is 25.7 Å². The number of nitrogens with zero attached hydrogens (tertiary/aromatic N) is 1. The van der Waals surface area contributed by atoms with Crippen LogP contribution in [-0.4, -0.2) is 48.3 Å². The van der Waals surface area contributed by atoms with E-state index in [1.807, 2.05) is 12.1 Å². The van der Waals surface area contributed by atoms with Gasteiger partial charge in [0.15, 0.2) is 0 Å². The molecule has 1 amide bonds. The lowest BCUT2D eigenvalue weighted by Crippen LogP contribution is -2.28. The second-order valence-corrected chi connectivity index (χ2v) is 5.59. The van der Waals surface area contributed by atoms with E-state index in [1.165, 1.54) is 6.20 Å². The molecular weight excluding hydrogens is 324 g/mol. The van der Waals surface area contributed by atoms with Crippen molar-refractivity contribution in [2.45, 2.75) is 6.42 Å². The molecule has 0 fully saturated rings. The molecule has 0 unspecified atom stereocenters. The zero-order valence-electron chi connectivity index (χ0n) is 13.5. The quantitative estimate of drug-likeness (QED) is 0.740. The van der Waals surface area contributed by atoms with Crippen molar-refractivity contribution in [3.8, 4) is 16.9 Å². The second kappa shape index (κ2) is 7.76. The van der Waals surface area contributed by atoms with Crippen molar-refractivity contribution >= 4 is 11.9 Å². The number of carbonyl (C=O) groups excluding carboxylic acids is 1. The van der Waals surface area contributed by atoms with Crippen LogP contribution in [0.15, 0.2) is 36.7 Å². The van der Waals surface area contributed by atoms with Crippen LogP contribution in [0.2, 0.25) is 0 Å². The third-order valence-electron chi connectivity index (χ3n) is 3.78. The molecular formula is C18H18N2O5. The summed E-state index contributed by atoms with van der Waals surface area (Å²) in [6.45, 7) is 0.681. The Morgan fingerprint density at radius 3 is 2.96 bits per heavy atom. The van der Waals surface area contributed by atoms with Crippen molar-refractivity contribution in [2.24, 2.45) is 0 Å². The number of amides is 1. The fourth-order valence-electron chi connectivity index (χ4n) is 2.59. The van der Waals surface area contributed by atoms with Gasteiger partial charge in [0, 0.05) is 30.9 Å². The Balaban J connectivity index is 1.63. The SMILES string of the molecule is O=C(O)COCCNC(=O)c1cncc(-c2ccc3c(c2)CCO3)c1. The van der Waals surface area contributed by atoms with Gasteiger partial charge in [-0.3, -0.25) is 9.78 Å². The number of rotatable bonds is 7. The highest BCUT2D eigenvalue weighted by molar-refractivity contribution is 5.95. The number of hydrogen-bond donors (Lipinski definition) is 2. The van der Waals surface area contributed by atoms with E-state index in [2.05, 4.69) is 16.4 Å². The van der Waals surface area contributed by atoms with Crippen molar-refractivity contribution in [1.82, 2.24) is 10.3 Å². The van der Waals surface area contributed by atoms with E-state index < -0.39 is 5.97 Å². The van der Waals surface area contributed by atoms with Gasteiger partial charge in [-0.25, -0.2) is 4.79 Å². The van der Waals surface area contributed by atoms with E-state index >= 15 is 0 Å². The predicted molar refractivity (Wildman–Crippen MR) is 89.7 cm³/mol. The maximum atomic E-state index is 12.2. The first-order chi connectivity index (χ1) is 12.1. The molecule has 25 heavy (non-hydrogen) atoms. The van der Waals surface area contributed by atoms with Crippen molar-refractivity contribution in [3.63, 3.8) is 0 Å². The number of aliphatic carboxylic acids is 1. The zero-order chi connectivity index (χ0) is 17.6. The summed E-state index contributed by atoms with van der Waals surface area (Å²) >= 11 is 0. The lowest BCUT2D eigenvalue weighted by molar-refractivity contribution is -0.142. The van der Waals surface area contributed by atoms with Gasteiger partial charge in [-0.2, -0.15) is 0 Å². The third-order valence-corrected chi connectivity index (χ3v) is 3.78. The van der Waals surface area contributed by atoms with Crippen LogP contribution in [0.25, 0.3) is 11.1 Å². The zero-order valence-corrected chi connectivity index (χ0v) is 13.5. The number of pyridine rings is 1. The summed E-state index contributed by atoms with van der Waals surface area (Å²) in [5, 5.41) is 11.1.